The minimum atomic E-state index is -1.10. The summed E-state index contributed by atoms with van der Waals surface area (Å²) in [5, 5.41) is 11.1. The highest BCUT2D eigenvalue weighted by Gasteiger charge is 2.07. The molecule has 1 aromatic rings. The number of carboxylic acid groups (broad SMARTS) is 1. The van der Waals surface area contributed by atoms with Gasteiger partial charge in [-0.2, -0.15) is 0 Å². The van der Waals surface area contributed by atoms with Gasteiger partial charge in [0.1, 0.15) is 13.2 Å². The molecule has 104 valence electrons. The molecule has 0 aromatic heterocycles. The Morgan fingerprint density at radius 3 is 2.68 bits per heavy atom. The van der Waals surface area contributed by atoms with E-state index in [1.54, 1.807) is 13.2 Å². The summed E-state index contributed by atoms with van der Waals surface area (Å²) in [4.78, 5) is 21.8. The van der Waals surface area contributed by atoms with Gasteiger partial charge in [-0.3, -0.25) is 4.79 Å². The van der Waals surface area contributed by atoms with E-state index < -0.39 is 12.6 Å². The van der Waals surface area contributed by atoms with E-state index >= 15 is 0 Å². The first-order valence-electron chi connectivity index (χ1n) is 5.79. The van der Waals surface area contributed by atoms with Crippen molar-refractivity contribution in [3.05, 3.63) is 29.8 Å². The Labute approximate surface area is 111 Å². The predicted molar refractivity (Wildman–Crippen MR) is 69.1 cm³/mol. The van der Waals surface area contributed by atoms with E-state index in [0.29, 0.717) is 18.7 Å². The molecule has 0 spiro atoms. The van der Waals surface area contributed by atoms with Gasteiger partial charge in [0, 0.05) is 12.8 Å². The number of para-hydroxylation sites is 1. The summed E-state index contributed by atoms with van der Waals surface area (Å²) >= 11 is 0. The lowest BCUT2D eigenvalue weighted by molar-refractivity contribution is -0.143. The van der Waals surface area contributed by atoms with Gasteiger partial charge in [-0.1, -0.05) is 18.2 Å². The van der Waals surface area contributed by atoms with E-state index in [9.17, 15) is 9.59 Å². The van der Waals surface area contributed by atoms with Crippen LogP contribution in [0, 0.1) is 0 Å². The highest BCUT2D eigenvalue weighted by atomic mass is 16.5. The summed E-state index contributed by atoms with van der Waals surface area (Å²) in [7, 11) is 1.61. The summed E-state index contributed by atoms with van der Waals surface area (Å²) in [5.41, 5.74) is 1.64. The molecular weight excluding hydrogens is 250 g/mol. The van der Waals surface area contributed by atoms with Crippen molar-refractivity contribution < 1.29 is 24.2 Å². The quantitative estimate of drug-likeness (QED) is 0.731. The highest BCUT2D eigenvalue weighted by Crippen LogP contribution is 2.15. The Morgan fingerprint density at radius 2 is 2.00 bits per heavy atom. The summed E-state index contributed by atoms with van der Waals surface area (Å²) in [6, 6.07) is 7.36. The first kappa shape index (κ1) is 15.1. The molecule has 0 atom stereocenters. The van der Waals surface area contributed by atoms with Crippen LogP contribution >= 0.6 is 0 Å². The summed E-state index contributed by atoms with van der Waals surface area (Å²) in [6.45, 7) is -0.216. The maximum Gasteiger partial charge on any atom is 0.329 e. The van der Waals surface area contributed by atoms with Gasteiger partial charge in [0.15, 0.2) is 0 Å². The molecule has 0 radical (unpaired) electrons. The average Bonchev–Trinajstić information content (AvgIpc) is 2.37. The average molecular weight is 267 g/mol. The molecule has 19 heavy (non-hydrogen) atoms. The molecule has 6 heteroatoms. The zero-order valence-electron chi connectivity index (χ0n) is 10.7. The second kappa shape index (κ2) is 8.23. The number of carboxylic acids is 1. The molecule has 0 aliphatic carbocycles. The molecule has 0 bridgehead atoms. The number of benzene rings is 1. The van der Waals surface area contributed by atoms with Crippen LogP contribution in [0.2, 0.25) is 0 Å². The molecule has 0 heterocycles. The number of amides is 1. The molecule has 0 fully saturated rings. The fourth-order valence-electron chi connectivity index (χ4n) is 1.49. The number of ether oxygens (including phenoxy) is 2. The number of methoxy groups -OCH3 is 1. The van der Waals surface area contributed by atoms with Crippen LogP contribution in [-0.2, 0) is 25.5 Å². The second-order valence-electron chi connectivity index (χ2n) is 3.83. The first-order chi connectivity index (χ1) is 9.13. The molecule has 1 rings (SSSR count). The molecule has 0 aliphatic rings. The molecule has 0 unspecified atom stereocenters. The van der Waals surface area contributed by atoms with Crippen LogP contribution in [0.25, 0.3) is 0 Å². The minimum absolute atomic E-state index is 0.287. The Balaban J connectivity index is 2.51. The van der Waals surface area contributed by atoms with Gasteiger partial charge in [0.25, 0.3) is 0 Å². The molecule has 1 aromatic carbocycles. The topological polar surface area (TPSA) is 84.9 Å². The van der Waals surface area contributed by atoms with Crippen molar-refractivity contribution in [1.82, 2.24) is 0 Å². The smallest absolute Gasteiger partial charge is 0.329 e. The number of carbonyl (C=O) groups excluding carboxylic acids is 1. The van der Waals surface area contributed by atoms with Crippen molar-refractivity contribution in [3.63, 3.8) is 0 Å². The van der Waals surface area contributed by atoms with Gasteiger partial charge in [-0.25, -0.2) is 4.79 Å². The van der Waals surface area contributed by atoms with E-state index in [1.807, 2.05) is 18.2 Å². The van der Waals surface area contributed by atoms with E-state index in [4.69, 9.17) is 14.6 Å². The summed E-state index contributed by atoms with van der Waals surface area (Å²) in [5.74, 6) is -1.49. The Hall–Kier alpha value is -1.92. The largest absolute Gasteiger partial charge is 0.480 e. The predicted octanol–water partition coefficient (Wildman–Crippen LogP) is 0.915. The van der Waals surface area contributed by atoms with Crippen LogP contribution in [0.5, 0.6) is 0 Å². The first-order valence-corrected chi connectivity index (χ1v) is 5.79. The number of hydrogen-bond donors (Lipinski definition) is 2. The maximum atomic E-state index is 11.6. The molecule has 0 aliphatic heterocycles. The van der Waals surface area contributed by atoms with Gasteiger partial charge < -0.3 is 19.9 Å². The minimum Gasteiger partial charge on any atom is -0.480 e. The molecule has 6 nitrogen and oxygen atoms in total. The fraction of sp³-hybridized carbons (Fsp3) is 0.385. The fourth-order valence-corrected chi connectivity index (χ4v) is 1.49. The third-order valence-electron chi connectivity index (χ3n) is 2.33. The Morgan fingerprint density at radius 1 is 1.26 bits per heavy atom. The molecule has 0 saturated heterocycles. The number of rotatable bonds is 8. The van der Waals surface area contributed by atoms with Gasteiger partial charge in [0.05, 0.1) is 6.61 Å². The van der Waals surface area contributed by atoms with Gasteiger partial charge in [-0.05, 0) is 18.1 Å². The monoisotopic (exact) mass is 267 g/mol. The normalized spacial score (nSPS) is 10.2. The Kier molecular flexibility index (Phi) is 6.56. The van der Waals surface area contributed by atoms with Crippen molar-refractivity contribution in [2.45, 2.75) is 6.42 Å². The van der Waals surface area contributed by atoms with Gasteiger partial charge in [-0.15, -0.1) is 0 Å². The second-order valence-corrected chi connectivity index (χ2v) is 3.83. The van der Waals surface area contributed by atoms with Crippen molar-refractivity contribution in [1.29, 1.82) is 0 Å². The SMILES string of the molecule is COCCc1ccccc1NC(=O)COCC(=O)O. The molecule has 1 amide bonds. The van der Waals surface area contributed by atoms with Crippen molar-refractivity contribution in [2.24, 2.45) is 0 Å². The van der Waals surface area contributed by atoms with Crippen LogP contribution in [0.1, 0.15) is 5.56 Å². The standard InChI is InChI=1S/C13H17NO5/c1-18-7-6-10-4-2-3-5-11(10)14-12(15)8-19-9-13(16)17/h2-5H,6-9H2,1H3,(H,14,15)(H,16,17). The third-order valence-corrected chi connectivity index (χ3v) is 2.33. The maximum absolute atomic E-state index is 11.6. The number of carbonyl (C=O) groups is 2. The van der Waals surface area contributed by atoms with Gasteiger partial charge >= 0.3 is 5.97 Å². The number of hydrogen-bond acceptors (Lipinski definition) is 4. The van der Waals surface area contributed by atoms with Crippen molar-refractivity contribution >= 4 is 17.6 Å². The van der Waals surface area contributed by atoms with Gasteiger partial charge in [0.2, 0.25) is 5.91 Å². The number of nitrogens with one attached hydrogen (secondary N) is 1. The van der Waals surface area contributed by atoms with Crippen LogP contribution in [-0.4, -0.2) is 43.9 Å². The van der Waals surface area contributed by atoms with Crippen molar-refractivity contribution in [2.75, 3.05) is 32.2 Å². The molecule has 0 saturated carbocycles. The lowest BCUT2D eigenvalue weighted by Gasteiger charge is -2.10. The van der Waals surface area contributed by atoms with Crippen LogP contribution in [0.4, 0.5) is 5.69 Å². The summed E-state index contributed by atoms with van der Waals surface area (Å²) < 4.78 is 9.71. The van der Waals surface area contributed by atoms with E-state index in [2.05, 4.69) is 5.32 Å². The zero-order chi connectivity index (χ0) is 14.1. The Bertz CT molecular complexity index is 433. The highest BCUT2D eigenvalue weighted by molar-refractivity contribution is 5.92. The van der Waals surface area contributed by atoms with E-state index in [-0.39, 0.29) is 12.5 Å². The van der Waals surface area contributed by atoms with E-state index in [0.717, 1.165) is 5.56 Å². The van der Waals surface area contributed by atoms with Crippen LogP contribution < -0.4 is 5.32 Å². The number of anilines is 1. The van der Waals surface area contributed by atoms with Crippen molar-refractivity contribution in [3.8, 4) is 0 Å². The zero-order valence-corrected chi connectivity index (χ0v) is 10.7. The summed E-state index contributed by atoms with van der Waals surface area (Å²) in [6.07, 6.45) is 0.683. The molecular formula is C13H17NO5. The molecule has 2 N–H and O–H groups in total. The van der Waals surface area contributed by atoms with Crippen LogP contribution in [0.15, 0.2) is 24.3 Å². The lowest BCUT2D eigenvalue weighted by Crippen LogP contribution is -2.21. The van der Waals surface area contributed by atoms with Crippen LogP contribution in [0.3, 0.4) is 0 Å². The lowest BCUT2D eigenvalue weighted by atomic mass is 10.1. The number of aliphatic carboxylic acids is 1. The third kappa shape index (κ3) is 5.98. The van der Waals surface area contributed by atoms with E-state index in [1.165, 1.54) is 0 Å².